The standard InChI is InChI=1S/C5H9NO3.C2H2/c6-4(7)2-1-3-5(8)9;1-2/h1-3H2,(H2,6,7)(H,8,9);1-2H. The molecule has 0 aliphatic heterocycles. The average Bonchev–Trinajstić information content (AvgIpc) is 1.90. The lowest BCUT2D eigenvalue weighted by atomic mass is 10.2. The van der Waals surface area contributed by atoms with Gasteiger partial charge in [0.1, 0.15) is 0 Å². The molecule has 0 radical (unpaired) electrons. The van der Waals surface area contributed by atoms with Crippen LogP contribution in [-0.4, -0.2) is 17.0 Å². The number of terminal acetylenes is 1. The molecule has 0 bridgehead atoms. The van der Waals surface area contributed by atoms with Crippen LogP contribution in [0.5, 0.6) is 0 Å². The molecule has 0 aromatic carbocycles. The van der Waals surface area contributed by atoms with Gasteiger partial charge in [-0.3, -0.25) is 9.59 Å². The largest absolute Gasteiger partial charge is 0.481 e. The maximum atomic E-state index is 10.0. The molecule has 0 rings (SSSR count). The predicted octanol–water partition coefficient (Wildman–Crippen LogP) is -0.0240. The van der Waals surface area contributed by atoms with E-state index >= 15 is 0 Å². The smallest absolute Gasteiger partial charge is 0.303 e. The fourth-order valence-electron chi connectivity index (χ4n) is 0.414. The maximum Gasteiger partial charge on any atom is 0.303 e. The summed E-state index contributed by atoms with van der Waals surface area (Å²) in [7, 11) is 0. The molecule has 0 fully saturated rings. The highest BCUT2D eigenvalue weighted by atomic mass is 16.4. The number of amides is 1. The molecule has 0 saturated carbocycles. The molecular formula is C7H11NO3. The molecule has 0 aliphatic carbocycles. The molecule has 0 aromatic rings. The zero-order valence-electron chi connectivity index (χ0n) is 6.12. The Morgan fingerprint density at radius 2 is 1.73 bits per heavy atom. The first-order valence-electron chi connectivity index (χ1n) is 2.96. The Balaban J connectivity index is 0. The average molecular weight is 157 g/mol. The predicted molar refractivity (Wildman–Crippen MR) is 40.6 cm³/mol. The number of primary amides is 1. The topological polar surface area (TPSA) is 80.4 Å². The van der Waals surface area contributed by atoms with Gasteiger partial charge in [-0.05, 0) is 6.42 Å². The number of rotatable bonds is 4. The summed E-state index contributed by atoms with van der Waals surface area (Å²) in [6, 6.07) is 0. The Morgan fingerprint density at radius 1 is 1.27 bits per heavy atom. The van der Waals surface area contributed by atoms with Crippen molar-refractivity contribution in [1.82, 2.24) is 0 Å². The van der Waals surface area contributed by atoms with Crippen LogP contribution in [0.15, 0.2) is 0 Å². The van der Waals surface area contributed by atoms with Gasteiger partial charge >= 0.3 is 5.97 Å². The van der Waals surface area contributed by atoms with Gasteiger partial charge < -0.3 is 10.8 Å². The highest BCUT2D eigenvalue weighted by Crippen LogP contribution is 1.92. The van der Waals surface area contributed by atoms with E-state index in [-0.39, 0.29) is 12.8 Å². The number of carbonyl (C=O) groups excluding carboxylic acids is 1. The van der Waals surface area contributed by atoms with Gasteiger partial charge in [-0.1, -0.05) is 0 Å². The number of carbonyl (C=O) groups is 2. The Bertz CT molecular complexity index is 137. The second kappa shape index (κ2) is 8.50. The van der Waals surface area contributed by atoms with E-state index in [0.717, 1.165) is 0 Å². The van der Waals surface area contributed by atoms with E-state index in [2.05, 4.69) is 12.8 Å². The molecule has 4 heteroatoms. The van der Waals surface area contributed by atoms with Gasteiger partial charge in [0.05, 0.1) is 0 Å². The normalized spacial score (nSPS) is 7.45. The van der Waals surface area contributed by atoms with Crippen LogP contribution in [0.4, 0.5) is 0 Å². The van der Waals surface area contributed by atoms with Gasteiger partial charge in [0, 0.05) is 12.8 Å². The lowest BCUT2D eigenvalue weighted by Crippen LogP contribution is -2.10. The Kier molecular flexibility index (Phi) is 9.43. The molecular weight excluding hydrogens is 146 g/mol. The SMILES string of the molecule is C#C.NC(=O)CCCC(=O)O. The van der Waals surface area contributed by atoms with Gasteiger partial charge in [0.15, 0.2) is 0 Å². The van der Waals surface area contributed by atoms with Gasteiger partial charge in [-0.15, -0.1) is 12.8 Å². The minimum Gasteiger partial charge on any atom is -0.481 e. The van der Waals surface area contributed by atoms with Gasteiger partial charge in [-0.2, -0.15) is 0 Å². The highest BCUT2D eigenvalue weighted by molar-refractivity contribution is 5.74. The maximum absolute atomic E-state index is 10.0. The van der Waals surface area contributed by atoms with Crippen molar-refractivity contribution in [2.75, 3.05) is 0 Å². The van der Waals surface area contributed by atoms with Crippen molar-refractivity contribution in [3.05, 3.63) is 0 Å². The molecule has 3 N–H and O–H groups in total. The quantitative estimate of drug-likeness (QED) is 0.562. The Morgan fingerprint density at radius 3 is 2.00 bits per heavy atom. The van der Waals surface area contributed by atoms with Crippen LogP contribution in [0.1, 0.15) is 19.3 Å². The minimum atomic E-state index is -0.892. The summed E-state index contributed by atoms with van der Waals surface area (Å²) in [5.74, 6) is -1.34. The molecule has 0 heterocycles. The van der Waals surface area contributed by atoms with E-state index in [0.29, 0.717) is 6.42 Å². The molecule has 0 atom stereocenters. The molecule has 0 aliphatic rings. The molecule has 1 amide bonds. The van der Waals surface area contributed by atoms with E-state index < -0.39 is 11.9 Å². The van der Waals surface area contributed by atoms with E-state index in [4.69, 9.17) is 10.8 Å². The highest BCUT2D eigenvalue weighted by Gasteiger charge is 1.98. The first-order chi connectivity index (χ1) is 5.13. The van der Waals surface area contributed by atoms with Crippen molar-refractivity contribution < 1.29 is 14.7 Å². The van der Waals surface area contributed by atoms with Crippen LogP contribution in [0, 0.1) is 12.8 Å². The lowest BCUT2D eigenvalue weighted by Gasteiger charge is -1.89. The fourth-order valence-corrected chi connectivity index (χ4v) is 0.414. The fraction of sp³-hybridized carbons (Fsp3) is 0.429. The van der Waals surface area contributed by atoms with Gasteiger partial charge in [0.25, 0.3) is 0 Å². The van der Waals surface area contributed by atoms with E-state index in [1.54, 1.807) is 0 Å². The third-order valence-corrected chi connectivity index (χ3v) is 0.814. The summed E-state index contributed by atoms with van der Waals surface area (Å²) in [6.07, 6.45) is 8.51. The van der Waals surface area contributed by atoms with Crippen LogP contribution in [-0.2, 0) is 9.59 Å². The molecule has 62 valence electrons. The minimum absolute atomic E-state index is 0.0168. The zero-order valence-corrected chi connectivity index (χ0v) is 6.12. The third kappa shape index (κ3) is 17.7. The first kappa shape index (κ1) is 12.2. The summed E-state index contributed by atoms with van der Waals surface area (Å²) >= 11 is 0. The summed E-state index contributed by atoms with van der Waals surface area (Å²) in [5, 5.41) is 8.07. The summed E-state index contributed by atoms with van der Waals surface area (Å²) in [5.41, 5.74) is 4.75. The van der Waals surface area contributed by atoms with E-state index in [1.165, 1.54) is 0 Å². The van der Waals surface area contributed by atoms with Crippen LogP contribution in [0.3, 0.4) is 0 Å². The van der Waals surface area contributed by atoms with Gasteiger partial charge in [-0.25, -0.2) is 0 Å². The van der Waals surface area contributed by atoms with Crippen molar-refractivity contribution >= 4 is 11.9 Å². The van der Waals surface area contributed by atoms with Crippen LogP contribution in [0.2, 0.25) is 0 Å². The summed E-state index contributed by atoms with van der Waals surface area (Å²) < 4.78 is 0. The monoisotopic (exact) mass is 157 g/mol. The number of hydrogen-bond donors (Lipinski definition) is 2. The van der Waals surface area contributed by atoms with Crippen molar-refractivity contribution in [2.24, 2.45) is 5.73 Å². The van der Waals surface area contributed by atoms with Crippen molar-refractivity contribution in [1.29, 1.82) is 0 Å². The summed E-state index contributed by atoms with van der Waals surface area (Å²) in [6.45, 7) is 0. The number of nitrogens with two attached hydrogens (primary N) is 1. The number of carboxylic acids is 1. The van der Waals surface area contributed by atoms with Crippen LogP contribution < -0.4 is 5.73 Å². The van der Waals surface area contributed by atoms with Crippen LogP contribution in [0.25, 0.3) is 0 Å². The second-order valence-corrected chi connectivity index (χ2v) is 1.71. The summed E-state index contributed by atoms with van der Waals surface area (Å²) in [4.78, 5) is 19.8. The molecule has 0 unspecified atom stereocenters. The Labute approximate surface area is 65.4 Å². The van der Waals surface area contributed by atoms with Crippen molar-refractivity contribution in [3.8, 4) is 12.8 Å². The van der Waals surface area contributed by atoms with E-state index in [1.807, 2.05) is 0 Å². The number of carboxylic acid groups (broad SMARTS) is 1. The molecule has 11 heavy (non-hydrogen) atoms. The number of hydrogen-bond acceptors (Lipinski definition) is 2. The third-order valence-electron chi connectivity index (χ3n) is 0.814. The molecule has 0 aromatic heterocycles. The van der Waals surface area contributed by atoms with Crippen molar-refractivity contribution in [3.63, 3.8) is 0 Å². The van der Waals surface area contributed by atoms with Crippen molar-refractivity contribution in [2.45, 2.75) is 19.3 Å². The van der Waals surface area contributed by atoms with Crippen LogP contribution >= 0.6 is 0 Å². The molecule has 4 nitrogen and oxygen atoms in total. The lowest BCUT2D eigenvalue weighted by molar-refractivity contribution is -0.137. The van der Waals surface area contributed by atoms with Gasteiger partial charge in [0.2, 0.25) is 5.91 Å². The second-order valence-electron chi connectivity index (χ2n) is 1.71. The molecule has 0 spiro atoms. The number of aliphatic carboxylic acids is 1. The van der Waals surface area contributed by atoms with E-state index in [9.17, 15) is 9.59 Å². The first-order valence-corrected chi connectivity index (χ1v) is 2.96. The zero-order chi connectivity index (χ0) is 9.28. The Hall–Kier alpha value is -1.50. The molecule has 0 saturated heterocycles.